The molecule has 0 saturated carbocycles. The SMILES string of the molecule is COc1cccc(OCC(O)CNCCc2ccsc2)c1. The molecule has 2 N–H and O–H groups in total. The van der Waals surface area contributed by atoms with E-state index < -0.39 is 6.10 Å². The van der Waals surface area contributed by atoms with Crippen molar-refractivity contribution in [2.75, 3.05) is 26.8 Å². The molecule has 1 aromatic heterocycles. The van der Waals surface area contributed by atoms with Gasteiger partial charge in [0.2, 0.25) is 0 Å². The number of ether oxygens (including phenoxy) is 2. The maximum Gasteiger partial charge on any atom is 0.123 e. The Hall–Kier alpha value is -1.56. The highest BCUT2D eigenvalue weighted by molar-refractivity contribution is 7.07. The van der Waals surface area contributed by atoms with Crippen LogP contribution in [-0.2, 0) is 6.42 Å². The van der Waals surface area contributed by atoms with Gasteiger partial charge in [0.05, 0.1) is 7.11 Å². The number of hydrogen-bond acceptors (Lipinski definition) is 5. The van der Waals surface area contributed by atoms with Crippen LogP contribution in [0.5, 0.6) is 11.5 Å². The van der Waals surface area contributed by atoms with Gasteiger partial charge in [-0.05, 0) is 47.5 Å². The molecule has 2 rings (SSSR count). The first-order valence-electron chi connectivity index (χ1n) is 6.94. The van der Waals surface area contributed by atoms with E-state index in [1.54, 1.807) is 24.5 Å². The lowest BCUT2D eigenvalue weighted by molar-refractivity contribution is 0.106. The number of hydrogen-bond donors (Lipinski definition) is 2. The van der Waals surface area contributed by atoms with E-state index >= 15 is 0 Å². The number of methoxy groups -OCH3 is 1. The Kier molecular flexibility index (Phi) is 6.53. The van der Waals surface area contributed by atoms with Crippen molar-refractivity contribution in [3.8, 4) is 11.5 Å². The summed E-state index contributed by atoms with van der Waals surface area (Å²) in [5.41, 5.74) is 1.33. The lowest BCUT2D eigenvalue weighted by Gasteiger charge is -2.13. The number of aliphatic hydroxyl groups is 1. The summed E-state index contributed by atoms with van der Waals surface area (Å²) < 4.78 is 10.7. The van der Waals surface area contributed by atoms with Crippen molar-refractivity contribution in [2.24, 2.45) is 0 Å². The number of aliphatic hydroxyl groups excluding tert-OH is 1. The molecule has 0 radical (unpaired) electrons. The maximum absolute atomic E-state index is 9.88. The summed E-state index contributed by atoms with van der Waals surface area (Å²) in [5.74, 6) is 1.45. The van der Waals surface area contributed by atoms with Crippen LogP contribution in [0.15, 0.2) is 41.1 Å². The van der Waals surface area contributed by atoms with Gasteiger partial charge in [-0.3, -0.25) is 0 Å². The molecule has 1 unspecified atom stereocenters. The summed E-state index contributed by atoms with van der Waals surface area (Å²) in [6.45, 7) is 1.64. The first-order valence-corrected chi connectivity index (χ1v) is 7.89. The molecule has 0 aliphatic heterocycles. The fourth-order valence-electron chi connectivity index (χ4n) is 1.88. The third-order valence-corrected chi connectivity index (χ3v) is 3.77. The van der Waals surface area contributed by atoms with Crippen molar-refractivity contribution in [1.29, 1.82) is 0 Å². The van der Waals surface area contributed by atoms with Crippen molar-refractivity contribution in [2.45, 2.75) is 12.5 Å². The van der Waals surface area contributed by atoms with Gasteiger partial charge in [0.25, 0.3) is 0 Å². The molecule has 114 valence electrons. The van der Waals surface area contributed by atoms with Gasteiger partial charge < -0.3 is 19.9 Å². The largest absolute Gasteiger partial charge is 0.497 e. The van der Waals surface area contributed by atoms with E-state index in [1.807, 2.05) is 18.2 Å². The monoisotopic (exact) mass is 307 g/mol. The summed E-state index contributed by atoms with van der Waals surface area (Å²) in [6, 6.07) is 9.49. The van der Waals surface area contributed by atoms with Crippen LogP contribution in [0.25, 0.3) is 0 Å². The lowest BCUT2D eigenvalue weighted by Crippen LogP contribution is -2.32. The van der Waals surface area contributed by atoms with E-state index in [-0.39, 0.29) is 6.61 Å². The predicted molar refractivity (Wildman–Crippen MR) is 85.4 cm³/mol. The fraction of sp³-hybridized carbons (Fsp3) is 0.375. The van der Waals surface area contributed by atoms with E-state index in [9.17, 15) is 5.11 Å². The highest BCUT2D eigenvalue weighted by Gasteiger charge is 2.05. The Balaban J connectivity index is 1.61. The molecule has 1 aromatic carbocycles. The minimum absolute atomic E-state index is 0.263. The van der Waals surface area contributed by atoms with Crippen LogP contribution < -0.4 is 14.8 Å². The summed E-state index contributed by atoms with van der Waals surface area (Å²) in [7, 11) is 1.62. The first kappa shape index (κ1) is 15.8. The zero-order chi connectivity index (χ0) is 14.9. The molecule has 0 spiro atoms. The van der Waals surface area contributed by atoms with Gasteiger partial charge in [0.15, 0.2) is 0 Å². The highest BCUT2D eigenvalue weighted by Crippen LogP contribution is 2.18. The standard InChI is InChI=1S/C16H21NO3S/c1-19-15-3-2-4-16(9-15)20-11-14(18)10-17-7-5-13-6-8-21-12-13/h2-4,6,8-9,12,14,17-18H,5,7,10-11H2,1H3. The van der Waals surface area contributed by atoms with Crippen LogP contribution in [0, 0.1) is 0 Å². The third kappa shape index (κ3) is 5.75. The van der Waals surface area contributed by atoms with Crippen LogP contribution in [0.1, 0.15) is 5.56 Å². The molecule has 1 atom stereocenters. The van der Waals surface area contributed by atoms with Gasteiger partial charge in [0.1, 0.15) is 24.2 Å². The maximum atomic E-state index is 9.88. The van der Waals surface area contributed by atoms with E-state index in [4.69, 9.17) is 9.47 Å². The van der Waals surface area contributed by atoms with Gasteiger partial charge in [-0.1, -0.05) is 6.07 Å². The third-order valence-electron chi connectivity index (χ3n) is 3.03. The van der Waals surface area contributed by atoms with Crippen molar-refractivity contribution in [1.82, 2.24) is 5.32 Å². The van der Waals surface area contributed by atoms with Gasteiger partial charge in [-0.15, -0.1) is 0 Å². The minimum Gasteiger partial charge on any atom is -0.497 e. The Bertz CT molecular complexity index is 516. The van der Waals surface area contributed by atoms with Crippen LogP contribution in [0.2, 0.25) is 0 Å². The highest BCUT2D eigenvalue weighted by atomic mass is 32.1. The van der Waals surface area contributed by atoms with Crippen LogP contribution >= 0.6 is 11.3 Å². The molecule has 1 heterocycles. The second-order valence-electron chi connectivity index (χ2n) is 4.73. The zero-order valence-electron chi connectivity index (χ0n) is 12.1. The van der Waals surface area contributed by atoms with Crippen LogP contribution in [-0.4, -0.2) is 38.0 Å². The Morgan fingerprint density at radius 3 is 2.90 bits per heavy atom. The van der Waals surface area contributed by atoms with Gasteiger partial charge >= 0.3 is 0 Å². The van der Waals surface area contributed by atoms with E-state index in [2.05, 4.69) is 22.1 Å². The summed E-state index contributed by atoms with van der Waals surface area (Å²) >= 11 is 1.71. The van der Waals surface area contributed by atoms with Crippen molar-refractivity contribution < 1.29 is 14.6 Å². The molecule has 0 amide bonds. The van der Waals surface area contributed by atoms with Gasteiger partial charge in [0, 0.05) is 12.6 Å². The van der Waals surface area contributed by atoms with Crippen LogP contribution in [0.4, 0.5) is 0 Å². The second-order valence-corrected chi connectivity index (χ2v) is 5.51. The molecule has 0 aliphatic rings. The molecule has 4 nitrogen and oxygen atoms in total. The quantitative estimate of drug-likeness (QED) is 0.698. The molecular formula is C16H21NO3S. The van der Waals surface area contributed by atoms with Gasteiger partial charge in [-0.2, -0.15) is 11.3 Å². The van der Waals surface area contributed by atoms with Crippen LogP contribution in [0.3, 0.4) is 0 Å². The molecular weight excluding hydrogens is 286 g/mol. The molecule has 0 fully saturated rings. The fourth-order valence-corrected chi connectivity index (χ4v) is 2.58. The van der Waals surface area contributed by atoms with E-state index in [0.29, 0.717) is 12.3 Å². The summed E-state index contributed by atoms with van der Waals surface area (Å²) in [5, 5.41) is 17.3. The first-order chi connectivity index (χ1) is 10.3. The number of rotatable bonds is 9. The Morgan fingerprint density at radius 1 is 1.29 bits per heavy atom. The topological polar surface area (TPSA) is 50.7 Å². The Morgan fingerprint density at radius 2 is 2.14 bits per heavy atom. The second kappa shape index (κ2) is 8.67. The number of thiophene rings is 1. The minimum atomic E-state index is -0.529. The van der Waals surface area contributed by atoms with Crippen molar-refractivity contribution >= 4 is 11.3 Å². The predicted octanol–water partition coefficient (Wildman–Crippen LogP) is 2.33. The van der Waals surface area contributed by atoms with Crippen molar-refractivity contribution in [3.05, 3.63) is 46.7 Å². The smallest absolute Gasteiger partial charge is 0.123 e. The number of benzene rings is 1. The molecule has 2 aromatic rings. The molecule has 21 heavy (non-hydrogen) atoms. The molecule has 0 aliphatic carbocycles. The summed E-state index contributed by atoms with van der Waals surface area (Å²) in [4.78, 5) is 0. The van der Waals surface area contributed by atoms with Crippen molar-refractivity contribution in [3.63, 3.8) is 0 Å². The van der Waals surface area contributed by atoms with Gasteiger partial charge in [-0.25, -0.2) is 0 Å². The molecule has 0 saturated heterocycles. The lowest BCUT2D eigenvalue weighted by atomic mass is 10.2. The molecule has 0 bridgehead atoms. The summed E-state index contributed by atoms with van der Waals surface area (Å²) in [6.07, 6.45) is 0.450. The van der Waals surface area contributed by atoms with E-state index in [1.165, 1.54) is 5.56 Å². The average molecular weight is 307 g/mol. The Labute approximate surface area is 129 Å². The van der Waals surface area contributed by atoms with E-state index in [0.717, 1.165) is 18.7 Å². The zero-order valence-corrected chi connectivity index (χ0v) is 12.9. The average Bonchev–Trinajstić information content (AvgIpc) is 3.03. The normalized spacial score (nSPS) is 12.1. The number of nitrogens with one attached hydrogen (secondary N) is 1. The molecule has 5 heteroatoms.